The summed E-state index contributed by atoms with van der Waals surface area (Å²) in [6.45, 7) is 2.29. The van der Waals surface area contributed by atoms with Crippen molar-refractivity contribution in [3.05, 3.63) is 46.4 Å². The van der Waals surface area contributed by atoms with Gasteiger partial charge < -0.3 is 19.9 Å². The molecule has 0 unspecified atom stereocenters. The van der Waals surface area contributed by atoms with E-state index >= 15 is 0 Å². The lowest BCUT2D eigenvalue weighted by Gasteiger charge is -2.21. The Balaban J connectivity index is 1.84. The quantitative estimate of drug-likeness (QED) is 0.544. The standard InChI is InChI=1S/C19H17BrN4O3S/c1-3-26-14-9-10(8-12(20)16(14)25)17-21-13-7-5-4-6-11(13)15-18(27-17)22-19(28-2)24-23-15/h4-9,17,21,25H,3H2,1-2H3/t17-/m1/s1. The van der Waals surface area contributed by atoms with Crippen molar-refractivity contribution in [1.29, 1.82) is 0 Å². The van der Waals surface area contributed by atoms with Crippen molar-refractivity contribution in [2.45, 2.75) is 18.3 Å². The molecule has 2 N–H and O–H groups in total. The number of rotatable bonds is 4. The highest BCUT2D eigenvalue weighted by Gasteiger charge is 2.27. The van der Waals surface area contributed by atoms with Gasteiger partial charge in [-0.1, -0.05) is 30.0 Å². The maximum atomic E-state index is 10.2. The van der Waals surface area contributed by atoms with Gasteiger partial charge in [-0.2, -0.15) is 4.98 Å². The molecule has 1 aromatic heterocycles. The number of thioether (sulfide) groups is 1. The van der Waals surface area contributed by atoms with E-state index in [9.17, 15) is 5.11 Å². The van der Waals surface area contributed by atoms with E-state index in [0.717, 1.165) is 16.8 Å². The zero-order valence-corrected chi connectivity index (χ0v) is 17.5. The normalized spacial score (nSPS) is 14.9. The maximum Gasteiger partial charge on any atom is 0.247 e. The summed E-state index contributed by atoms with van der Waals surface area (Å²) in [6.07, 6.45) is 1.32. The molecule has 0 radical (unpaired) electrons. The third-order valence-corrected chi connectivity index (χ3v) is 5.31. The van der Waals surface area contributed by atoms with Crippen LogP contribution in [-0.4, -0.2) is 33.2 Å². The molecule has 28 heavy (non-hydrogen) atoms. The van der Waals surface area contributed by atoms with E-state index in [-0.39, 0.29) is 5.75 Å². The molecular weight excluding hydrogens is 444 g/mol. The molecule has 0 saturated heterocycles. The van der Waals surface area contributed by atoms with Crippen LogP contribution in [0, 0.1) is 0 Å². The van der Waals surface area contributed by atoms with Gasteiger partial charge in [-0.3, -0.25) is 0 Å². The first-order valence-electron chi connectivity index (χ1n) is 8.57. The number of hydrogen-bond acceptors (Lipinski definition) is 8. The summed E-state index contributed by atoms with van der Waals surface area (Å²) < 4.78 is 12.3. The summed E-state index contributed by atoms with van der Waals surface area (Å²) in [5.74, 6) is 0.818. The summed E-state index contributed by atoms with van der Waals surface area (Å²) in [4.78, 5) is 4.50. The second-order valence-corrected chi connectivity index (χ2v) is 7.55. The van der Waals surface area contributed by atoms with Gasteiger partial charge in [-0.25, -0.2) is 0 Å². The Hall–Kier alpha value is -2.52. The number of phenols is 1. The van der Waals surface area contributed by atoms with Crippen LogP contribution in [0.5, 0.6) is 17.4 Å². The molecule has 2 aromatic carbocycles. The molecule has 0 fully saturated rings. The first kappa shape index (κ1) is 18.8. The van der Waals surface area contributed by atoms with Gasteiger partial charge in [-0.05, 0) is 47.3 Å². The van der Waals surface area contributed by atoms with E-state index < -0.39 is 6.23 Å². The van der Waals surface area contributed by atoms with Crippen molar-refractivity contribution < 1.29 is 14.6 Å². The average Bonchev–Trinajstić information content (AvgIpc) is 2.87. The highest BCUT2D eigenvalue weighted by Crippen LogP contribution is 2.42. The van der Waals surface area contributed by atoms with Gasteiger partial charge in [0.1, 0.15) is 0 Å². The van der Waals surface area contributed by atoms with Crippen molar-refractivity contribution in [3.63, 3.8) is 0 Å². The van der Waals surface area contributed by atoms with Crippen LogP contribution < -0.4 is 14.8 Å². The Morgan fingerprint density at radius 1 is 1.29 bits per heavy atom. The summed E-state index contributed by atoms with van der Waals surface area (Å²) in [5, 5.41) is 22.6. The highest BCUT2D eigenvalue weighted by molar-refractivity contribution is 9.10. The van der Waals surface area contributed by atoms with Gasteiger partial charge in [0, 0.05) is 16.8 Å². The van der Waals surface area contributed by atoms with E-state index in [1.54, 1.807) is 12.1 Å². The van der Waals surface area contributed by atoms with Crippen LogP contribution in [0.1, 0.15) is 18.7 Å². The average molecular weight is 461 g/mol. The third-order valence-electron chi connectivity index (χ3n) is 4.17. The number of nitrogens with one attached hydrogen (secondary N) is 1. The lowest BCUT2D eigenvalue weighted by Crippen LogP contribution is -2.17. The van der Waals surface area contributed by atoms with Crippen LogP contribution in [0.15, 0.2) is 46.0 Å². The molecular formula is C19H17BrN4O3S. The molecule has 9 heteroatoms. The Kier molecular flexibility index (Phi) is 5.27. The minimum Gasteiger partial charge on any atom is -0.503 e. The van der Waals surface area contributed by atoms with Crippen LogP contribution >= 0.6 is 27.7 Å². The number of ether oxygens (including phenoxy) is 2. The van der Waals surface area contributed by atoms with E-state index in [0.29, 0.717) is 33.6 Å². The number of halogens is 1. The molecule has 0 aliphatic carbocycles. The number of fused-ring (bicyclic) bond motifs is 3. The number of nitrogens with zero attached hydrogens (tertiary/aromatic N) is 3. The monoisotopic (exact) mass is 460 g/mol. The van der Waals surface area contributed by atoms with Crippen LogP contribution in [-0.2, 0) is 0 Å². The smallest absolute Gasteiger partial charge is 0.247 e. The Labute approximate surface area is 174 Å². The summed E-state index contributed by atoms with van der Waals surface area (Å²) in [6, 6.07) is 11.3. The molecule has 0 bridgehead atoms. The molecule has 4 rings (SSSR count). The SMILES string of the molecule is CCOc1cc([C@@H]2Nc3ccccc3-c3nnc(SC)nc3O2)cc(Br)c1O. The largest absolute Gasteiger partial charge is 0.503 e. The van der Waals surface area contributed by atoms with Crippen LogP contribution in [0.3, 0.4) is 0 Å². The van der Waals surface area contributed by atoms with Crippen molar-refractivity contribution in [2.24, 2.45) is 0 Å². The lowest BCUT2D eigenvalue weighted by molar-refractivity contribution is 0.224. The Morgan fingerprint density at radius 3 is 2.89 bits per heavy atom. The number of anilines is 1. The predicted octanol–water partition coefficient (Wildman–Crippen LogP) is 4.63. The topological polar surface area (TPSA) is 89.4 Å². The summed E-state index contributed by atoms with van der Waals surface area (Å²) in [7, 11) is 0. The van der Waals surface area contributed by atoms with E-state index in [1.165, 1.54) is 11.8 Å². The fourth-order valence-corrected chi connectivity index (χ4v) is 3.65. The Morgan fingerprint density at radius 2 is 2.11 bits per heavy atom. The molecule has 0 amide bonds. The second-order valence-electron chi connectivity index (χ2n) is 5.92. The molecule has 0 spiro atoms. The van der Waals surface area contributed by atoms with Crippen molar-refractivity contribution >= 4 is 33.4 Å². The fraction of sp³-hybridized carbons (Fsp3) is 0.211. The number of hydrogen-bond donors (Lipinski definition) is 2. The number of benzene rings is 2. The van der Waals surface area contributed by atoms with Gasteiger partial charge in [0.25, 0.3) is 0 Å². The van der Waals surface area contributed by atoms with E-state index in [2.05, 4.69) is 36.4 Å². The van der Waals surface area contributed by atoms with Crippen molar-refractivity contribution in [3.8, 4) is 28.6 Å². The molecule has 7 nitrogen and oxygen atoms in total. The van der Waals surface area contributed by atoms with Gasteiger partial charge in [0.05, 0.1) is 11.1 Å². The van der Waals surface area contributed by atoms with Crippen molar-refractivity contribution in [1.82, 2.24) is 15.2 Å². The second kappa shape index (κ2) is 7.84. The molecule has 0 saturated carbocycles. The number of aromatic nitrogens is 3. The summed E-state index contributed by atoms with van der Waals surface area (Å²) in [5.41, 5.74) is 3.04. The molecule has 3 aromatic rings. The maximum absolute atomic E-state index is 10.2. The first-order valence-corrected chi connectivity index (χ1v) is 10.6. The molecule has 144 valence electrons. The van der Waals surface area contributed by atoms with Gasteiger partial charge >= 0.3 is 0 Å². The van der Waals surface area contributed by atoms with Crippen LogP contribution in [0.2, 0.25) is 0 Å². The van der Waals surface area contributed by atoms with Crippen LogP contribution in [0.25, 0.3) is 11.3 Å². The van der Waals surface area contributed by atoms with Gasteiger partial charge in [-0.15, -0.1) is 10.2 Å². The predicted molar refractivity (Wildman–Crippen MR) is 111 cm³/mol. The molecule has 1 aliphatic heterocycles. The highest BCUT2D eigenvalue weighted by atomic mass is 79.9. The zero-order valence-electron chi connectivity index (χ0n) is 15.1. The van der Waals surface area contributed by atoms with Gasteiger partial charge in [0.15, 0.2) is 23.4 Å². The molecule has 1 atom stereocenters. The van der Waals surface area contributed by atoms with E-state index in [4.69, 9.17) is 9.47 Å². The van der Waals surface area contributed by atoms with E-state index in [1.807, 2.05) is 37.4 Å². The molecule has 2 heterocycles. The van der Waals surface area contributed by atoms with Crippen LogP contribution in [0.4, 0.5) is 5.69 Å². The zero-order chi connectivity index (χ0) is 19.7. The summed E-state index contributed by atoms with van der Waals surface area (Å²) >= 11 is 4.78. The molecule has 1 aliphatic rings. The van der Waals surface area contributed by atoms with Gasteiger partial charge in [0.2, 0.25) is 11.0 Å². The lowest BCUT2D eigenvalue weighted by atomic mass is 10.1. The number of para-hydroxylation sites is 1. The number of phenolic OH excluding ortho intramolecular Hbond substituents is 1. The Bertz CT molecular complexity index is 1030. The van der Waals surface area contributed by atoms with Crippen molar-refractivity contribution in [2.75, 3.05) is 18.2 Å². The third kappa shape index (κ3) is 3.47. The minimum atomic E-state index is -0.565. The minimum absolute atomic E-state index is 0.0497. The number of aromatic hydroxyl groups is 1. The first-order chi connectivity index (χ1) is 13.6. The fourth-order valence-electron chi connectivity index (χ4n) is 2.90.